The van der Waals surface area contributed by atoms with E-state index in [0.717, 1.165) is 6.42 Å². The minimum atomic E-state index is -4.28. The Labute approximate surface area is 232 Å². The third kappa shape index (κ3) is 5.08. The van der Waals surface area contributed by atoms with Crippen LogP contribution in [0, 0.1) is 5.92 Å². The van der Waals surface area contributed by atoms with Crippen molar-refractivity contribution < 1.29 is 57.4 Å². The molecule has 1 aliphatic heterocycles. The molecular formula is C25H26N3NaO6S. The maximum absolute atomic E-state index is 13.8. The molecule has 1 unspecified atom stereocenters. The first kappa shape index (κ1) is 27.9. The second-order valence-corrected chi connectivity index (χ2v) is 10.9. The van der Waals surface area contributed by atoms with E-state index in [2.05, 4.69) is 23.6 Å². The smallest absolute Gasteiger partial charge is 0.871 e. The molecule has 0 saturated carbocycles. The Morgan fingerprint density at radius 1 is 1.22 bits per heavy atom. The van der Waals surface area contributed by atoms with E-state index in [0.29, 0.717) is 23.5 Å². The second kappa shape index (κ2) is 10.4. The number of Topliss-reactive ketones (excluding diaryl/α,β-unsaturated/α-hetero) is 1. The minimum absolute atomic E-state index is 0. The summed E-state index contributed by atoms with van der Waals surface area (Å²) in [6.07, 6.45) is 1.24. The Morgan fingerprint density at radius 3 is 2.58 bits per heavy atom. The van der Waals surface area contributed by atoms with E-state index in [1.54, 1.807) is 31.2 Å². The molecule has 9 nitrogen and oxygen atoms in total. The zero-order valence-corrected chi connectivity index (χ0v) is 23.4. The van der Waals surface area contributed by atoms with Crippen molar-refractivity contribution in [3.63, 3.8) is 0 Å². The fraction of sp³-hybridized carbons (Fsp3) is 0.320. The van der Waals surface area contributed by atoms with Gasteiger partial charge in [0.05, 0.1) is 16.7 Å². The first-order valence-electron chi connectivity index (χ1n) is 11.2. The molecule has 36 heavy (non-hydrogen) atoms. The van der Waals surface area contributed by atoms with Gasteiger partial charge in [-0.25, -0.2) is 0 Å². The molecule has 4 rings (SSSR count). The summed E-state index contributed by atoms with van der Waals surface area (Å²) in [6, 6.07) is 11.0. The van der Waals surface area contributed by atoms with Crippen LogP contribution in [-0.2, 0) is 25.0 Å². The number of hydrogen-bond acceptors (Lipinski definition) is 7. The number of nitrogens with zero attached hydrogens (tertiary/aromatic N) is 1. The van der Waals surface area contributed by atoms with Crippen LogP contribution in [-0.4, -0.2) is 32.6 Å². The number of anilines is 1. The molecule has 0 fully saturated rings. The Hall–Kier alpha value is -2.66. The Bertz CT molecular complexity index is 1400. The Morgan fingerprint density at radius 2 is 1.92 bits per heavy atom. The van der Waals surface area contributed by atoms with Gasteiger partial charge in [0.25, 0.3) is 15.9 Å². The van der Waals surface area contributed by atoms with Gasteiger partial charge in [-0.1, -0.05) is 43.9 Å². The number of rotatable bonds is 7. The van der Waals surface area contributed by atoms with Gasteiger partial charge in [-0.3, -0.25) is 9.59 Å². The van der Waals surface area contributed by atoms with Crippen LogP contribution in [0.3, 0.4) is 0 Å². The number of amides is 1. The first-order valence-corrected chi connectivity index (χ1v) is 12.6. The van der Waals surface area contributed by atoms with Crippen molar-refractivity contribution >= 4 is 39.0 Å². The summed E-state index contributed by atoms with van der Waals surface area (Å²) in [4.78, 5) is 24.6. The van der Waals surface area contributed by atoms with E-state index >= 15 is 0 Å². The van der Waals surface area contributed by atoms with E-state index in [9.17, 15) is 23.1 Å². The van der Waals surface area contributed by atoms with Gasteiger partial charge in [0.2, 0.25) is 0 Å². The molecule has 1 aliphatic carbocycles. The quantitative estimate of drug-likeness (QED) is 0.451. The Kier molecular flexibility index (Phi) is 8.04. The summed E-state index contributed by atoms with van der Waals surface area (Å²) in [7, 11) is -4.28. The molecule has 1 heterocycles. The number of amidine groups is 1. The number of ether oxygens (including phenoxy) is 1. The van der Waals surface area contributed by atoms with Crippen molar-refractivity contribution in [2.45, 2.75) is 43.9 Å². The number of sulfonamides is 1. The van der Waals surface area contributed by atoms with Crippen LogP contribution in [0.5, 0.6) is 5.75 Å². The molecule has 1 atom stereocenters. The summed E-state index contributed by atoms with van der Waals surface area (Å²) in [5, 5.41) is 16.3. The largest absolute Gasteiger partial charge is 1.00 e. The molecule has 1 amide bonds. The van der Waals surface area contributed by atoms with Crippen molar-refractivity contribution in [2.75, 3.05) is 11.9 Å². The van der Waals surface area contributed by atoms with Crippen molar-refractivity contribution in [1.29, 1.82) is 0 Å². The number of hydrogen-bond donors (Lipinski definition) is 2. The van der Waals surface area contributed by atoms with Gasteiger partial charge in [-0.15, -0.1) is 4.40 Å². The molecule has 2 aromatic carbocycles. The molecule has 11 heteroatoms. The summed E-state index contributed by atoms with van der Waals surface area (Å²) < 4.78 is 35.1. The van der Waals surface area contributed by atoms with Crippen LogP contribution in [0.1, 0.15) is 44.7 Å². The molecule has 184 valence electrons. The predicted molar refractivity (Wildman–Crippen MR) is 129 cm³/mol. The number of carbonyl (C=O) groups is 2. The molecule has 3 N–H and O–H groups in total. The summed E-state index contributed by atoms with van der Waals surface area (Å²) >= 11 is 0. The molecule has 0 aromatic heterocycles. The van der Waals surface area contributed by atoms with E-state index in [1.165, 1.54) is 18.2 Å². The van der Waals surface area contributed by atoms with E-state index in [4.69, 9.17) is 10.5 Å². The third-order valence-corrected chi connectivity index (χ3v) is 7.57. The van der Waals surface area contributed by atoms with Crippen molar-refractivity contribution in [3.05, 3.63) is 59.2 Å². The number of fused-ring (bicyclic) bond motifs is 2. The zero-order valence-electron chi connectivity index (χ0n) is 20.6. The predicted octanol–water partition coefficient (Wildman–Crippen LogP) is -0.884. The minimum Gasteiger partial charge on any atom is -0.871 e. The van der Waals surface area contributed by atoms with Gasteiger partial charge in [-0.2, -0.15) is 8.42 Å². The maximum atomic E-state index is 13.8. The molecule has 2 aliphatic rings. The second-order valence-electron chi connectivity index (χ2n) is 9.30. The van der Waals surface area contributed by atoms with E-state index in [-0.39, 0.29) is 57.3 Å². The van der Waals surface area contributed by atoms with Gasteiger partial charge >= 0.3 is 29.6 Å². The van der Waals surface area contributed by atoms with Crippen LogP contribution in [0.25, 0.3) is 5.76 Å². The number of benzene rings is 2. The van der Waals surface area contributed by atoms with E-state index in [1.807, 2.05) is 0 Å². The molecular weight excluding hydrogens is 493 g/mol. The van der Waals surface area contributed by atoms with Gasteiger partial charge in [0.1, 0.15) is 10.6 Å². The molecule has 2 aromatic rings. The van der Waals surface area contributed by atoms with Crippen LogP contribution in [0.2, 0.25) is 0 Å². The van der Waals surface area contributed by atoms with Gasteiger partial charge in [0.15, 0.2) is 18.2 Å². The van der Waals surface area contributed by atoms with Gasteiger partial charge in [-0.05, 0) is 48.9 Å². The fourth-order valence-electron chi connectivity index (χ4n) is 4.33. The number of ketones is 1. The number of nitrogens with two attached hydrogens (primary N) is 1. The average molecular weight is 520 g/mol. The number of carbonyl (C=O) groups excluding carboxylic acids is 2. The van der Waals surface area contributed by atoms with Gasteiger partial charge < -0.3 is 20.9 Å². The first-order chi connectivity index (χ1) is 16.4. The van der Waals surface area contributed by atoms with Crippen molar-refractivity contribution in [2.24, 2.45) is 16.0 Å². The molecule has 0 radical (unpaired) electrons. The molecule has 0 spiro atoms. The maximum Gasteiger partial charge on any atom is 1.00 e. The Balaban J connectivity index is 0.00000361. The van der Waals surface area contributed by atoms with E-state index < -0.39 is 39.5 Å². The number of nitrogens with one attached hydrogen (secondary N) is 1. The van der Waals surface area contributed by atoms with Gasteiger partial charge in [0, 0.05) is 6.07 Å². The summed E-state index contributed by atoms with van der Waals surface area (Å²) in [6.45, 7) is 5.47. The summed E-state index contributed by atoms with van der Waals surface area (Å²) in [5.41, 5.74) is 4.91. The monoisotopic (exact) mass is 519 g/mol. The topological polar surface area (TPSA) is 151 Å². The van der Waals surface area contributed by atoms with Crippen molar-refractivity contribution in [3.8, 4) is 5.75 Å². The van der Waals surface area contributed by atoms with Crippen LogP contribution in [0.4, 0.5) is 5.69 Å². The molecule has 0 bridgehead atoms. The van der Waals surface area contributed by atoms with Crippen LogP contribution in [0.15, 0.2) is 57.3 Å². The third-order valence-electron chi connectivity index (χ3n) is 6.26. The van der Waals surface area contributed by atoms with Crippen molar-refractivity contribution in [1.82, 2.24) is 0 Å². The molecule has 0 saturated heterocycles. The fourth-order valence-corrected chi connectivity index (χ4v) is 5.47. The average Bonchev–Trinajstić information content (AvgIpc) is 2.80. The SMILES string of the molecule is CC(C)CCC1(C)C(=O)C(C2=NS(=O)(=O)c3cc(OCC(N)=O)ccc3N2)=C([O-])c2ccccc21.[Na+]. The standard InChI is InChI=1S/C25H27N3O6S.Na/c1-14(2)10-11-25(3)17-7-5-4-6-16(17)22(30)21(23(25)31)24-27-18-9-8-15(34-13-20(26)29)12-19(18)35(32,33)28-24;/h4-9,12,14,30H,10-11,13H2,1-3H3,(H2,26,29)(H,27,28);/q;+1/p-1. The summed E-state index contributed by atoms with van der Waals surface area (Å²) in [5.74, 6) is -1.61. The van der Waals surface area contributed by atoms with Crippen LogP contribution >= 0.6 is 0 Å². The number of primary amides is 1. The van der Waals surface area contributed by atoms with Crippen LogP contribution < -0.4 is 50.5 Å². The normalized spacial score (nSPS) is 20.0. The zero-order chi connectivity index (χ0) is 25.5.